The first-order valence-corrected chi connectivity index (χ1v) is 11.1. The van der Waals surface area contributed by atoms with Crippen LogP contribution in [0.4, 0.5) is 15.8 Å². The van der Waals surface area contributed by atoms with Crippen LogP contribution in [0.2, 0.25) is 0 Å². The molecule has 9 heteroatoms. The van der Waals surface area contributed by atoms with Crippen molar-refractivity contribution in [2.45, 2.75) is 39.3 Å². The molecule has 0 spiro atoms. The van der Waals surface area contributed by atoms with Crippen molar-refractivity contribution in [1.82, 2.24) is 5.32 Å². The van der Waals surface area contributed by atoms with Gasteiger partial charge < -0.3 is 10.6 Å². The number of hydrogen-bond donors (Lipinski definition) is 2. The average molecular weight is 436 g/mol. The first kappa shape index (κ1) is 23.3. The quantitative estimate of drug-likeness (QED) is 0.729. The van der Waals surface area contributed by atoms with E-state index < -0.39 is 33.3 Å². The summed E-state index contributed by atoms with van der Waals surface area (Å²) in [6, 6.07) is 10.4. The van der Waals surface area contributed by atoms with E-state index in [0.29, 0.717) is 0 Å². The molecule has 7 nitrogen and oxygen atoms in total. The van der Waals surface area contributed by atoms with Gasteiger partial charge in [0.15, 0.2) is 0 Å². The van der Waals surface area contributed by atoms with Crippen molar-refractivity contribution >= 4 is 33.2 Å². The van der Waals surface area contributed by atoms with Gasteiger partial charge in [-0.2, -0.15) is 0 Å². The van der Waals surface area contributed by atoms with E-state index in [1.165, 1.54) is 31.2 Å². The van der Waals surface area contributed by atoms with Gasteiger partial charge in [0.05, 0.1) is 23.2 Å². The Labute approximate surface area is 176 Å². The highest BCUT2D eigenvalue weighted by Crippen LogP contribution is 2.25. The molecule has 0 bridgehead atoms. The van der Waals surface area contributed by atoms with Crippen LogP contribution in [0.15, 0.2) is 48.5 Å². The van der Waals surface area contributed by atoms with Crippen molar-refractivity contribution in [2.24, 2.45) is 0 Å². The summed E-state index contributed by atoms with van der Waals surface area (Å²) in [6.45, 7) is 6.83. The molecule has 162 valence electrons. The van der Waals surface area contributed by atoms with Gasteiger partial charge in [-0.3, -0.25) is 13.9 Å². The predicted octanol–water partition coefficient (Wildman–Crippen LogP) is 3.15. The summed E-state index contributed by atoms with van der Waals surface area (Å²) in [7, 11) is -3.97. The summed E-state index contributed by atoms with van der Waals surface area (Å²) >= 11 is 0. The van der Waals surface area contributed by atoms with E-state index in [1.807, 2.05) is 20.8 Å². The monoisotopic (exact) mass is 435 g/mol. The minimum absolute atomic E-state index is 0.220. The maximum absolute atomic E-state index is 14.3. The van der Waals surface area contributed by atoms with Crippen molar-refractivity contribution in [3.05, 3.63) is 59.9 Å². The molecule has 0 aromatic heterocycles. The van der Waals surface area contributed by atoms with Crippen molar-refractivity contribution < 1.29 is 22.4 Å². The van der Waals surface area contributed by atoms with Gasteiger partial charge >= 0.3 is 0 Å². The third-order valence-electron chi connectivity index (χ3n) is 4.10. The number of nitrogens with zero attached hydrogens (tertiary/aromatic N) is 1. The summed E-state index contributed by atoms with van der Waals surface area (Å²) in [4.78, 5) is 25.4. The number of sulfonamides is 1. The number of rotatable bonds is 6. The molecule has 0 unspecified atom stereocenters. The van der Waals surface area contributed by atoms with Crippen LogP contribution in [0, 0.1) is 5.82 Å². The second-order valence-corrected chi connectivity index (χ2v) is 9.78. The molecule has 0 saturated heterocycles. The van der Waals surface area contributed by atoms with Gasteiger partial charge in [-0.15, -0.1) is 0 Å². The molecule has 2 rings (SSSR count). The molecule has 0 radical (unpaired) electrons. The van der Waals surface area contributed by atoms with E-state index in [-0.39, 0.29) is 22.8 Å². The fourth-order valence-electron chi connectivity index (χ4n) is 2.85. The average Bonchev–Trinajstić information content (AvgIpc) is 2.61. The number of amides is 2. The fourth-order valence-corrected chi connectivity index (χ4v) is 4.02. The molecule has 2 aromatic carbocycles. The van der Waals surface area contributed by atoms with Gasteiger partial charge in [0.25, 0.3) is 5.91 Å². The van der Waals surface area contributed by atoms with Crippen LogP contribution in [0.25, 0.3) is 0 Å². The second-order valence-electron chi connectivity index (χ2n) is 7.93. The maximum Gasteiger partial charge on any atom is 0.253 e. The minimum Gasteiger partial charge on any atom is -0.347 e. The van der Waals surface area contributed by atoms with E-state index in [9.17, 15) is 22.4 Å². The van der Waals surface area contributed by atoms with Gasteiger partial charge in [-0.1, -0.05) is 24.3 Å². The van der Waals surface area contributed by atoms with Gasteiger partial charge in [0.1, 0.15) is 11.9 Å². The van der Waals surface area contributed by atoms with Gasteiger partial charge in [0, 0.05) is 5.54 Å². The highest BCUT2D eigenvalue weighted by atomic mass is 32.2. The fraction of sp³-hybridized carbons (Fsp3) is 0.333. The smallest absolute Gasteiger partial charge is 0.253 e. The summed E-state index contributed by atoms with van der Waals surface area (Å²) in [6.07, 6.45) is 0.897. The standard InChI is InChI=1S/C21H26FN3O4S/c1-14(25(30(5,28)29)18-13-9-7-11-16(18)22)19(26)23-17-12-8-6-10-15(17)20(27)24-21(2,3)4/h6-14H,1-5H3,(H,23,26)(H,24,27)/t14-/m0/s1. The van der Waals surface area contributed by atoms with Gasteiger partial charge in [-0.25, -0.2) is 12.8 Å². The van der Waals surface area contributed by atoms with Crippen LogP contribution >= 0.6 is 0 Å². The van der Waals surface area contributed by atoms with E-state index in [2.05, 4.69) is 10.6 Å². The van der Waals surface area contributed by atoms with Crippen LogP contribution in [0.5, 0.6) is 0 Å². The van der Waals surface area contributed by atoms with Gasteiger partial charge in [-0.05, 0) is 52.0 Å². The third-order valence-corrected chi connectivity index (χ3v) is 5.32. The number of halogens is 1. The Morgan fingerprint density at radius 3 is 2.17 bits per heavy atom. The molecule has 0 aliphatic rings. The highest BCUT2D eigenvalue weighted by Gasteiger charge is 2.31. The first-order chi connectivity index (χ1) is 13.8. The molecule has 0 fully saturated rings. The lowest BCUT2D eigenvalue weighted by atomic mass is 10.1. The van der Waals surface area contributed by atoms with Crippen molar-refractivity contribution in [3.8, 4) is 0 Å². The normalized spacial score (nSPS) is 12.7. The molecule has 0 aliphatic carbocycles. The summed E-state index contributed by atoms with van der Waals surface area (Å²) < 4.78 is 39.6. The number of benzene rings is 2. The number of carbonyl (C=O) groups is 2. The minimum atomic E-state index is -3.97. The number of para-hydroxylation sites is 2. The molecule has 2 aromatic rings. The Morgan fingerprint density at radius 2 is 1.60 bits per heavy atom. The Balaban J connectivity index is 2.35. The van der Waals surface area contributed by atoms with Crippen LogP contribution in [0.1, 0.15) is 38.1 Å². The predicted molar refractivity (Wildman–Crippen MR) is 115 cm³/mol. The summed E-state index contributed by atoms with van der Waals surface area (Å²) in [5.74, 6) is -1.87. The summed E-state index contributed by atoms with van der Waals surface area (Å²) in [5, 5.41) is 5.40. The first-order valence-electron chi connectivity index (χ1n) is 9.27. The zero-order chi connectivity index (χ0) is 22.7. The van der Waals surface area contributed by atoms with Gasteiger partial charge in [0.2, 0.25) is 15.9 Å². The number of nitrogens with one attached hydrogen (secondary N) is 2. The maximum atomic E-state index is 14.3. The van der Waals surface area contributed by atoms with Crippen LogP contribution in [-0.4, -0.2) is 38.1 Å². The number of anilines is 2. The number of carbonyl (C=O) groups excluding carboxylic acids is 2. The highest BCUT2D eigenvalue weighted by molar-refractivity contribution is 7.92. The van der Waals surface area contributed by atoms with Crippen molar-refractivity contribution in [3.63, 3.8) is 0 Å². The molecule has 2 N–H and O–H groups in total. The lowest BCUT2D eigenvalue weighted by Gasteiger charge is -2.28. The Kier molecular flexibility index (Phi) is 6.87. The lowest BCUT2D eigenvalue weighted by Crippen LogP contribution is -2.46. The van der Waals surface area contributed by atoms with Crippen molar-refractivity contribution in [2.75, 3.05) is 15.9 Å². The van der Waals surface area contributed by atoms with Crippen LogP contribution in [0.3, 0.4) is 0 Å². The van der Waals surface area contributed by atoms with E-state index in [0.717, 1.165) is 16.6 Å². The van der Waals surface area contributed by atoms with Crippen molar-refractivity contribution in [1.29, 1.82) is 0 Å². The Hall–Kier alpha value is -2.94. The molecule has 0 saturated carbocycles. The lowest BCUT2D eigenvalue weighted by molar-refractivity contribution is -0.116. The molecule has 30 heavy (non-hydrogen) atoms. The van der Waals surface area contributed by atoms with E-state index in [4.69, 9.17) is 0 Å². The molecular weight excluding hydrogens is 409 g/mol. The largest absolute Gasteiger partial charge is 0.347 e. The molecule has 0 aliphatic heterocycles. The third kappa shape index (κ3) is 5.79. The zero-order valence-corrected chi connectivity index (χ0v) is 18.4. The SMILES string of the molecule is C[C@@H](C(=O)Nc1ccccc1C(=O)NC(C)(C)C)N(c1ccccc1F)S(C)(=O)=O. The van der Waals surface area contributed by atoms with Crippen LogP contribution in [-0.2, 0) is 14.8 Å². The van der Waals surface area contributed by atoms with E-state index >= 15 is 0 Å². The summed E-state index contributed by atoms with van der Waals surface area (Å²) in [5.41, 5.74) is -0.274. The second kappa shape index (κ2) is 8.83. The molecular formula is C21H26FN3O4S. The Morgan fingerprint density at radius 1 is 1.03 bits per heavy atom. The number of hydrogen-bond acceptors (Lipinski definition) is 4. The zero-order valence-electron chi connectivity index (χ0n) is 17.6. The Bertz CT molecular complexity index is 1050. The molecule has 1 atom stereocenters. The van der Waals surface area contributed by atoms with E-state index in [1.54, 1.807) is 18.2 Å². The molecule has 0 heterocycles. The molecule has 2 amide bonds. The van der Waals surface area contributed by atoms with Crippen LogP contribution < -0.4 is 14.9 Å². The topological polar surface area (TPSA) is 95.6 Å².